The van der Waals surface area contributed by atoms with Gasteiger partial charge in [0, 0.05) is 28.0 Å². The number of hydrogen-bond acceptors (Lipinski definition) is 2. The van der Waals surface area contributed by atoms with Crippen molar-refractivity contribution in [3.63, 3.8) is 0 Å². The minimum absolute atomic E-state index is 0.868. The van der Waals surface area contributed by atoms with Crippen LogP contribution in [0.5, 0.6) is 0 Å². The van der Waals surface area contributed by atoms with Gasteiger partial charge in [-0.25, -0.2) is 0 Å². The smallest absolute Gasteiger partial charge is 0.135 e. The molecule has 0 saturated carbocycles. The summed E-state index contributed by atoms with van der Waals surface area (Å²) >= 11 is 0. The number of hydrogen-bond donors (Lipinski definition) is 0. The lowest BCUT2D eigenvalue weighted by molar-refractivity contribution is 0.631. The van der Waals surface area contributed by atoms with Crippen LogP contribution in [0.3, 0.4) is 0 Å². The summed E-state index contributed by atoms with van der Waals surface area (Å²) in [5.74, 6) is 0.868. The molecule has 1 heterocycles. The lowest BCUT2D eigenvalue weighted by Crippen LogP contribution is -2.09. The molecule has 1 aromatic heterocycles. The van der Waals surface area contributed by atoms with E-state index in [2.05, 4.69) is 187 Å². The molecule has 0 amide bonds. The third-order valence-corrected chi connectivity index (χ3v) is 10.3. The highest BCUT2D eigenvalue weighted by Gasteiger charge is 2.15. The van der Waals surface area contributed by atoms with Crippen LogP contribution in [0.2, 0.25) is 0 Å². The molecule has 0 N–H and O–H groups in total. The van der Waals surface area contributed by atoms with E-state index in [-0.39, 0.29) is 0 Å². The molecule has 244 valence electrons. The Hall–Kier alpha value is -6.90. The van der Waals surface area contributed by atoms with Crippen LogP contribution >= 0.6 is 0 Å². The third kappa shape index (κ3) is 5.21. The summed E-state index contributed by atoms with van der Waals surface area (Å²) in [5.41, 5.74) is 9.98. The van der Waals surface area contributed by atoms with Crippen molar-refractivity contribution < 1.29 is 4.42 Å². The standard InChI is InChI=1S/C50H33NO/c1-2-10-34(11-3-1)35-18-25-40(26-19-35)51(42-29-22-37(23-30-42)50-33-39-12-4-9-17-49(39)52-50)41-27-20-36(21-28-41)38-24-31-47-45-15-6-5-13-43(45)44-14-7-8-16-46(44)48(47)32-38/h1-33H. The van der Waals surface area contributed by atoms with Gasteiger partial charge in [0.1, 0.15) is 11.3 Å². The molecule has 52 heavy (non-hydrogen) atoms. The number of para-hydroxylation sites is 1. The van der Waals surface area contributed by atoms with Crippen molar-refractivity contribution >= 4 is 60.3 Å². The number of furan rings is 1. The van der Waals surface area contributed by atoms with Crippen molar-refractivity contribution in [2.45, 2.75) is 0 Å². The molecular formula is C50H33NO. The van der Waals surface area contributed by atoms with Crippen LogP contribution in [0.1, 0.15) is 0 Å². The second-order valence-electron chi connectivity index (χ2n) is 13.3. The quantitative estimate of drug-likeness (QED) is 0.165. The zero-order chi connectivity index (χ0) is 34.4. The van der Waals surface area contributed by atoms with Gasteiger partial charge in [-0.1, -0.05) is 133 Å². The molecular weight excluding hydrogens is 631 g/mol. The lowest BCUT2D eigenvalue weighted by atomic mass is 9.92. The van der Waals surface area contributed by atoms with Gasteiger partial charge in [-0.05, 0) is 121 Å². The van der Waals surface area contributed by atoms with Gasteiger partial charge in [0.25, 0.3) is 0 Å². The van der Waals surface area contributed by atoms with Crippen LogP contribution in [0.25, 0.3) is 76.9 Å². The molecule has 0 atom stereocenters. The highest BCUT2D eigenvalue weighted by Crippen LogP contribution is 2.40. The van der Waals surface area contributed by atoms with Crippen molar-refractivity contribution in [2.24, 2.45) is 0 Å². The van der Waals surface area contributed by atoms with E-state index >= 15 is 0 Å². The van der Waals surface area contributed by atoms with Gasteiger partial charge in [-0.15, -0.1) is 0 Å². The number of anilines is 3. The van der Waals surface area contributed by atoms with Crippen LogP contribution in [0, 0.1) is 0 Å². The molecule has 0 radical (unpaired) electrons. The Morgan fingerprint density at radius 3 is 1.29 bits per heavy atom. The van der Waals surface area contributed by atoms with Crippen LogP contribution in [0.4, 0.5) is 17.1 Å². The van der Waals surface area contributed by atoms with Gasteiger partial charge in [0.2, 0.25) is 0 Å². The van der Waals surface area contributed by atoms with E-state index in [1.165, 1.54) is 54.6 Å². The van der Waals surface area contributed by atoms with Crippen molar-refractivity contribution in [1.82, 2.24) is 0 Å². The topological polar surface area (TPSA) is 16.4 Å². The summed E-state index contributed by atoms with van der Waals surface area (Å²) < 4.78 is 6.19. The first-order valence-corrected chi connectivity index (χ1v) is 17.8. The van der Waals surface area contributed by atoms with Crippen molar-refractivity contribution in [3.8, 4) is 33.6 Å². The summed E-state index contributed by atoms with van der Waals surface area (Å²) in [5, 5.41) is 8.83. The average Bonchev–Trinajstić information content (AvgIpc) is 3.67. The number of rotatable bonds is 6. The fourth-order valence-electron chi connectivity index (χ4n) is 7.67. The zero-order valence-corrected chi connectivity index (χ0v) is 28.4. The monoisotopic (exact) mass is 663 g/mol. The second-order valence-corrected chi connectivity index (χ2v) is 13.3. The normalized spacial score (nSPS) is 11.5. The van der Waals surface area contributed by atoms with Crippen LogP contribution in [-0.2, 0) is 0 Å². The van der Waals surface area contributed by atoms with Gasteiger partial charge >= 0.3 is 0 Å². The molecule has 0 unspecified atom stereocenters. The van der Waals surface area contributed by atoms with Crippen molar-refractivity contribution in [3.05, 3.63) is 200 Å². The molecule has 0 spiro atoms. The minimum atomic E-state index is 0.868. The first kappa shape index (κ1) is 30.0. The summed E-state index contributed by atoms with van der Waals surface area (Å²) in [4.78, 5) is 2.32. The first-order valence-electron chi connectivity index (χ1n) is 17.8. The Bertz CT molecular complexity index is 2800. The van der Waals surface area contributed by atoms with Gasteiger partial charge in [0.15, 0.2) is 0 Å². The van der Waals surface area contributed by atoms with Gasteiger partial charge in [-0.2, -0.15) is 0 Å². The highest BCUT2D eigenvalue weighted by molar-refractivity contribution is 6.25. The molecule has 0 saturated heterocycles. The number of benzene rings is 9. The maximum atomic E-state index is 6.19. The largest absolute Gasteiger partial charge is 0.456 e. The van der Waals surface area contributed by atoms with E-state index in [1.54, 1.807) is 0 Å². The van der Waals surface area contributed by atoms with E-state index < -0.39 is 0 Å². The highest BCUT2D eigenvalue weighted by atomic mass is 16.3. The first-order chi connectivity index (χ1) is 25.8. The summed E-state index contributed by atoms with van der Waals surface area (Å²) in [6, 6.07) is 71.6. The van der Waals surface area contributed by atoms with E-state index in [4.69, 9.17) is 4.42 Å². The Kier molecular flexibility index (Phi) is 7.18. The fourth-order valence-corrected chi connectivity index (χ4v) is 7.67. The van der Waals surface area contributed by atoms with Gasteiger partial charge in [-0.3, -0.25) is 0 Å². The maximum absolute atomic E-state index is 6.19. The van der Waals surface area contributed by atoms with E-state index in [9.17, 15) is 0 Å². The minimum Gasteiger partial charge on any atom is -0.456 e. The molecule has 0 aliphatic carbocycles. The lowest BCUT2D eigenvalue weighted by Gasteiger charge is -2.26. The molecule has 0 fully saturated rings. The predicted molar refractivity (Wildman–Crippen MR) is 220 cm³/mol. The second kappa shape index (κ2) is 12.5. The van der Waals surface area contributed by atoms with E-state index in [0.29, 0.717) is 0 Å². The molecule has 10 rings (SSSR count). The van der Waals surface area contributed by atoms with Crippen molar-refractivity contribution in [2.75, 3.05) is 4.90 Å². The number of nitrogens with zero attached hydrogens (tertiary/aromatic N) is 1. The molecule has 10 aromatic rings. The Morgan fingerprint density at radius 2 is 0.712 bits per heavy atom. The Balaban J connectivity index is 1.04. The molecule has 2 heteroatoms. The van der Waals surface area contributed by atoms with Crippen LogP contribution in [-0.4, -0.2) is 0 Å². The summed E-state index contributed by atoms with van der Waals surface area (Å²) in [7, 11) is 0. The molecule has 0 aliphatic rings. The molecule has 2 nitrogen and oxygen atoms in total. The van der Waals surface area contributed by atoms with Crippen LogP contribution in [0.15, 0.2) is 205 Å². The van der Waals surface area contributed by atoms with Gasteiger partial charge in [0.05, 0.1) is 0 Å². The predicted octanol–water partition coefficient (Wildman–Crippen LogP) is 14.4. The third-order valence-electron chi connectivity index (χ3n) is 10.3. The summed E-state index contributed by atoms with van der Waals surface area (Å²) in [6.07, 6.45) is 0. The Morgan fingerprint density at radius 1 is 0.288 bits per heavy atom. The van der Waals surface area contributed by atoms with E-state index in [1.807, 2.05) is 18.2 Å². The van der Waals surface area contributed by atoms with E-state index in [0.717, 1.165) is 39.4 Å². The SMILES string of the molecule is c1ccc(-c2ccc(N(c3ccc(-c4ccc5c6ccccc6c6ccccc6c5c4)cc3)c3ccc(-c4cc5ccccc5o4)cc3)cc2)cc1. The fraction of sp³-hybridized carbons (Fsp3) is 0. The molecule has 9 aromatic carbocycles. The van der Waals surface area contributed by atoms with Crippen LogP contribution < -0.4 is 4.90 Å². The molecule has 0 bridgehead atoms. The molecule has 0 aliphatic heterocycles. The number of fused-ring (bicyclic) bond motifs is 7. The average molecular weight is 664 g/mol. The zero-order valence-electron chi connectivity index (χ0n) is 28.4. The van der Waals surface area contributed by atoms with Gasteiger partial charge < -0.3 is 9.32 Å². The summed E-state index contributed by atoms with van der Waals surface area (Å²) in [6.45, 7) is 0. The van der Waals surface area contributed by atoms with Crippen molar-refractivity contribution in [1.29, 1.82) is 0 Å². The Labute approximate surface area is 302 Å². The maximum Gasteiger partial charge on any atom is 0.135 e.